The number of halogens is 1. The number of fused-ring (bicyclic) bond motifs is 1. The van der Waals surface area contributed by atoms with Gasteiger partial charge >= 0.3 is 0 Å². The van der Waals surface area contributed by atoms with Gasteiger partial charge in [0.1, 0.15) is 11.6 Å². The van der Waals surface area contributed by atoms with Crippen LogP contribution in [0.1, 0.15) is 31.2 Å². The van der Waals surface area contributed by atoms with E-state index in [9.17, 15) is 17.6 Å². The first-order valence-corrected chi connectivity index (χ1v) is 12.9. The molecule has 2 aromatic carbocycles. The van der Waals surface area contributed by atoms with E-state index in [0.717, 1.165) is 11.9 Å². The van der Waals surface area contributed by atoms with Crippen molar-refractivity contribution in [3.8, 4) is 0 Å². The highest BCUT2D eigenvalue weighted by Gasteiger charge is 2.27. The lowest BCUT2D eigenvalue weighted by atomic mass is 10.2. The summed E-state index contributed by atoms with van der Waals surface area (Å²) in [5.74, 6) is 0.0994. The summed E-state index contributed by atoms with van der Waals surface area (Å²) in [5.41, 5.74) is 2.34. The second kappa shape index (κ2) is 10.2. The van der Waals surface area contributed by atoms with Gasteiger partial charge in [0, 0.05) is 38.2 Å². The standard InChI is InChI=1S/C24H29FN4O4S/c1-3-10-29-22-7-6-19(34(31,32)28-11-13-33-14-12-28)16-21(22)27-23(29)8-9-24(30)26-18-5-4-17(2)20(25)15-18/h4-7,15-16H,3,8-14H2,1-2H3,(H,26,30). The van der Waals surface area contributed by atoms with Gasteiger partial charge in [0.15, 0.2) is 0 Å². The highest BCUT2D eigenvalue weighted by Crippen LogP contribution is 2.24. The summed E-state index contributed by atoms with van der Waals surface area (Å²) in [6, 6.07) is 9.58. The Morgan fingerprint density at radius 3 is 2.65 bits per heavy atom. The van der Waals surface area contributed by atoms with E-state index in [1.54, 1.807) is 37.3 Å². The normalized spacial score (nSPS) is 15.0. The zero-order valence-electron chi connectivity index (χ0n) is 19.4. The van der Waals surface area contributed by atoms with Crippen molar-refractivity contribution in [3.05, 3.63) is 53.6 Å². The fourth-order valence-electron chi connectivity index (χ4n) is 4.04. The number of hydrogen-bond donors (Lipinski definition) is 1. The summed E-state index contributed by atoms with van der Waals surface area (Å²) in [5, 5.41) is 2.72. The first-order valence-electron chi connectivity index (χ1n) is 11.4. The lowest BCUT2D eigenvalue weighted by Crippen LogP contribution is -2.40. The molecule has 1 aromatic heterocycles. The fraction of sp³-hybridized carbons (Fsp3) is 0.417. The van der Waals surface area contributed by atoms with Crippen LogP contribution in [0.25, 0.3) is 11.0 Å². The van der Waals surface area contributed by atoms with Crippen LogP contribution in [0.3, 0.4) is 0 Å². The van der Waals surface area contributed by atoms with Gasteiger partial charge in [-0.3, -0.25) is 4.79 Å². The number of aromatic nitrogens is 2. The summed E-state index contributed by atoms with van der Waals surface area (Å²) in [4.78, 5) is 17.3. The van der Waals surface area contributed by atoms with Crippen molar-refractivity contribution in [2.45, 2.75) is 44.6 Å². The number of hydrogen-bond acceptors (Lipinski definition) is 5. The Labute approximate surface area is 198 Å². The Morgan fingerprint density at radius 1 is 1.18 bits per heavy atom. The van der Waals surface area contributed by atoms with Crippen LogP contribution in [0.15, 0.2) is 41.3 Å². The summed E-state index contributed by atoms with van der Waals surface area (Å²) < 4.78 is 48.6. The minimum atomic E-state index is -3.63. The van der Waals surface area contributed by atoms with E-state index in [1.165, 1.54) is 10.4 Å². The fourth-order valence-corrected chi connectivity index (χ4v) is 5.47. The third-order valence-corrected chi connectivity index (χ3v) is 7.78. The van der Waals surface area contributed by atoms with Crippen LogP contribution in [0.2, 0.25) is 0 Å². The lowest BCUT2D eigenvalue weighted by Gasteiger charge is -2.26. The van der Waals surface area contributed by atoms with Crippen molar-refractivity contribution >= 4 is 32.7 Å². The number of rotatable bonds is 8. The molecule has 0 aliphatic carbocycles. The van der Waals surface area contributed by atoms with E-state index in [1.807, 2.05) is 11.5 Å². The molecule has 3 aromatic rings. The number of carbonyl (C=O) groups is 1. The molecule has 1 aliphatic rings. The minimum Gasteiger partial charge on any atom is -0.379 e. The molecule has 1 fully saturated rings. The molecule has 4 rings (SSSR count). The average Bonchev–Trinajstić information content (AvgIpc) is 3.17. The molecular formula is C24H29FN4O4S. The first-order chi connectivity index (χ1) is 16.3. The number of amides is 1. The second-order valence-corrected chi connectivity index (χ2v) is 10.3. The predicted molar refractivity (Wildman–Crippen MR) is 128 cm³/mol. The molecule has 0 spiro atoms. The maximum absolute atomic E-state index is 13.8. The number of sulfonamides is 1. The van der Waals surface area contributed by atoms with Crippen molar-refractivity contribution < 1.29 is 22.3 Å². The molecule has 1 aliphatic heterocycles. The van der Waals surface area contributed by atoms with Gasteiger partial charge in [-0.2, -0.15) is 4.31 Å². The van der Waals surface area contributed by atoms with Gasteiger partial charge in [-0.05, 0) is 49.2 Å². The Balaban J connectivity index is 1.54. The molecule has 34 heavy (non-hydrogen) atoms. The Hall–Kier alpha value is -2.82. The van der Waals surface area contributed by atoms with E-state index in [-0.39, 0.29) is 23.0 Å². The minimum absolute atomic E-state index is 0.168. The molecule has 8 nitrogen and oxygen atoms in total. The van der Waals surface area contributed by atoms with Crippen LogP contribution in [0, 0.1) is 12.7 Å². The molecule has 1 amide bonds. The molecule has 182 valence electrons. The third kappa shape index (κ3) is 5.13. The summed E-state index contributed by atoms with van der Waals surface area (Å²) in [7, 11) is -3.63. The zero-order valence-corrected chi connectivity index (χ0v) is 20.2. The number of carbonyl (C=O) groups excluding carboxylic acids is 1. The van der Waals surface area contributed by atoms with Gasteiger partial charge in [-0.15, -0.1) is 0 Å². The zero-order chi connectivity index (χ0) is 24.3. The van der Waals surface area contributed by atoms with Crippen LogP contribution in [0.5, 0.6) is 0 Å². The number of nitrogens with zero attached hydrogens (tertiary/aromatic N) is 3. The predicted octanol–water partition coefficient (Wildman–Crippen LogP) is 3.49. The highest BCUT2D eigenvalue weighted by molar-refractivity contribution is 7.89. The molecule has 1 saturated heterocycles. The van der Waals surface area contributed by atoms with Crippen LogP contribution < -0.4 is 5.32 Å². The van der Waals surface area contributed by atoms with E-state index in [0.29, 0.717) is 61.9 Å². The van der Waals surface area contributed by atoms with Crippen molar-refractivity contribution in [2.75, 3.05) is 31.6 Å². The Morgan fingerprint density at radius 2 is 1.94 bits per heavy atom. The third-order valence-electron chi connectivity index (χ3n) is 5.89. The van der Waals surface area contributed by atoms with E-state index >= 15 is 0 Å². The number of imidazole rings is 1. The quantitative estimate of drug-likeness (QED) is 0.524. The molecule has 0 atom stereocenters. The maximum atomic E-state index is 13.8. The summed E-state index contributed by atoms with van der Waals surface area (Å²) in [6.45, 7) is 5.84. The molecule has 1 N–H and O–H groups in total. The topological polar surface area (TPSA) is 93.5 Å². The molecule has 0 unspecified atom stereocenters. The van der Waals surface area contributed by atoms with Gasteiger partial charge in [0.25, 0.3) is 0 Å². The van der Waals surface area contributed by atoms with Crippen molar-refractivity contribution in [3.63, 3.8) is 0 Å². The number of anilines is 1. The van der Waals surface area contributed by atoms with Crippen LogP contribution >= 0.6 is 0 Å². The van der Waals surface area contributed by atoms with Crippen LogP contribution in [-0.2, 0) is 32.5 Å². The molecular weight excluding hydrogens is 459 g/mol. The highest BCUT2D eigenvalue weighted by atomic mass is 32.2. The monoisotopic (exact) mass is 488 g/mol. The van der Waals surface area contributed by atoms with E-state index in [2.05, 4.69) is 10.3 Å². The number of nitrogens with one attached hydrogen (secondary N) is 1. The SMILES string of the molecule is CCCn1c(CCC(=O)Nc2ccc(C)c(F)c2)nc2cc(S(=O)(=O)N3CCOCC3)ccc21. The Kier molecular flexibility index (Phi) is 7.30. The van der Waals surface area contributed by atoms with Gasteiger partial charge < -0.3 is 14.6 Å². The lowest BCUT2D eigenvalue weighted by molar-refractivity contribution is -0.116. The first kappa shape index (κ1) is 24.3. The number of morpholine rings is 1. The van der Waals surface area contributed by atoms with Crippen molar-refractivity contribution in [2.24, 2.45) is 0 Å². The van der Waals surface area contributed by atoms with Gasteiger partial charge in [0.2, 0.25) is 15.9 Å². The summed E-state index contributed by atoms with van der Waals surface area (Å²) >= 11 is 0. The van der Waals surface area contributed by atoms with Crippen molar-refractivity contribution in [1.29, 1.82) is 0 Å². The maximum Gasteiger partial charge on any atom is 0.243 e. The largest absolute Gasteiger partial charge is 0.379 e. The molecule has 0 saturated carbocycles. The molecule has 10 heteroatoms. The molecule has 2 heterocycles. The van der Waals surface area contributed by atoms with Crippen LogP contribution in [0.4, 0.5) is 10.1 Å². The van der Waals surface area contributed by atoms with Gasteiger partial charge in [-0.1, -0.05) is 13.0 Å². The number of aryl methyl sites for hydroxylation is 3. The summed E-state index contributed by atoms with van der Waals surface area (Å²) in [6.07, 6.45) is 1.41. The van der Waals surface area contributed by atoms with Crippen molar-refractivity contribution in [1.82, 2.24) is 13.9 Å². The Bertz CT molecular complexity index is 1300. The van der Waals surface area contributed by atoms with E-state index < -0.39 is 10.0 Å². The smallest absolute Gasteiger partial charge is 0.243 e. The average molecular weight is 489 g/mol. The second-order valence-electron chi connectivity index (χ2n) is 8.36. The number of ether oxygens (including phenoxy) is 1. The number of benzene rings is 2. The molecule has 0 bridgehead atoms. The van der Waals surface area contributed by atoms with Crippen LogP contribution in [-0.4, -0.2) is 54.5 Å². The molecule has 0 radical (unpaired) electrons. The van der Waals surface area contributed by atoms with E-state index in [4.69, 9.17) is 4.74 Å². The van der Waals surface area contributed by atoms with Gasteiger partial charge in [-0.25, -0.2) is 17.8 Å². The van der Waals surface area contributed by atoms with Gasteiger partial charge in [0.05, 0.1) is 29.1 Å².